The van der Waals surface area contributed by atoms with Crippen LogP contribution >= 0.6 is 0 Å². The SMILES string of the molecule is O=[N+]([O-])c1ccc(N2N=C(c3ccccc3)N(c3ccc([N+](=O)[O-])cc3)C(c3ccccc3)=N2)cc1. The number of amidine groups is 2. The summed E-state index contributed by atoms with van der Waals surface area (Å²) in [4.78, 5) is 23.3. The fourth-order valence-electron chi connectivity index (χ4n) is 3.73. The second-order valence-corrected chi connectivity index (χ2v) is 7.75. The molecule has 0 unspecified atom stereocenters. The first-order valence-corrected chi connectivity index (χ1v) is 10.9. The summed E-state index contributed by atoms with van der Waals surface area (Å²) in [5.74, 6) is 1.05. The summed E-state index contributed by atoms with van der Waals surface area (Å²) in [6, 6.07) is 31.1. The zero-order chi connectivity index (χ0) is 25.1. The van der Waals surface area contributed by atoms with E-state index in [1.807, 2.05) is 65.6 Å². The molecule has 4 aromatic rings. The number of benzene rings is 4. The summed E-state index contributed by atoms with van der Waals surface area (Å²) >= 11 is 0. The van der Waals surface area contributed by atoms with Gasteiger partial charge in [0.2, 0.25) is 0 Å². The van der Waals surface area contributed by atoms with Gasteiger partial charge in [0.1, 0.15) is 0 Å². The molecule has 4 aromatic carbocycles. The molecule has 10 nitrogen and oxygen atoms in total. The molecule has 1 aliphatic heterocycles. The normalized spacial score (nSPS) is 13.1. The van der Waals surface area contributed by atoms with E-state index in [1.54, 1.807) is 24.3 Å². The molecule has 10 heteroatoms. The smallest absolute Gasteiger partial charge is 0.269 e. The van der Waals surface area contributed by atoms with Crippen LogP contribution in [0, 0.1) is 20.2 Å². The van der Waals surface area contributed by atoms with Gasteiger partial charge in [0.25, 0.3) is 11.4 Å². The zero-order valence-corrected chi connectivity index (χ0v) is 18.7. The molecule has 0 aromatic heterocycles. The standard InChI is InChI=1S/C26H18N6O4/c33-31(34)23-15-11-21(12-16-23)29-25(19-7-3-1-4-8-19)27-30(22-13-17-24(18-14-22)32(35)36)28-26(29)20-9-5-2-6-10-20/h1-18H. The van der Waals surface area contributed by atoms with Gasteiger partial charge in [-0.1, -0.05) is 60.7 Å². The van der Waals surface area contributed by atoms with Crippen molar-refractivity contribution in [3.63, 3.8) is 0 Å². The number of nitro benzene ring substituents is 2. The average Bonchev–Trinajstić information content (AvgIpc) is 2.93. The van der Waals surface area contributed by atoms with Crippen LogP contribution in [0.15, 0.2) is 119 Å². The molecule has 0 bridgehead atoms. The van der Waals surface area contributed by atoms with Crippen LogP contribution in [-0.2, 0) is 0 Å². The van der Waals surface area contributed by atoms with Crippen LogP contribution in [0.3, 0.4) is 0 Å². The molecule has 1 aliphatic rings. The second kappa shape index (κ2) is 9.47. The van der Waals surface area contributed by atoms with Crippen molar-refractivity contribution in [3.05, 3.63) is 141 Å². The fourth-order valence-corrected chi connectivity index (χ4v) is 3.73. The highest BCUT2D eigenvalue weighted by molar-refractivity contribution is 6.30. The first kappa shape index (κ1) is 22.4. The van der Waals surface area contributed by atoms with E-state index in [2.05, 4.69) is 0 Å². The van der Waals surface area contributed by atoms with Crippen molar-refractivity contribution in [2.24, 2.45) is 10.2 Å². The van der Waals surface area contributed by atoms with E-state index in [-0.39, 0.29) is 11.4 Å². The van der Waals surface area contributed by atoms with Crippen molar-refractivity contribution >= 4 is 34.4 Å². The monoisotopic (exact) mass is 478 g/mol. The Balaban J connectivity index is 1.70. The predicted molar refractivity (Wildman–Crippen MR) is 137 cm³/mol. The fraction of sp³-hybridized carbons (Fsp3) is 0. The quantitative estimate of drug-likeness (QED) is 0.265. The molecule has 0 N–H and O–H groups in total. The Morgan fingerprint density at radius 2 is 0.917 bits per heavy atom. The van der Waals surface area contributed by atoms with Crippen LogP contribution < -0.4 is 10.0 Å². The average molecular weight is 478 g/mol. The molecule has 5 rings (SSSR count). The Kier molecular flexibility index (Phi) is 5.90. The number of nitrogens with zero attached hydrogens (tertiary/aromatic N) is 6. The Hall–Kier alpha value is -5.38. The lowest BCUT2D eigenvalue weighted by molar-refractivity contribution is -0.385. The molecule has 0 amide bonds. The van der Waals surface area contributed by atoms with Gasteiger partial charge in [-0.15, -0.1) is 15.3 Å². The van der Waals surface area contributed by atoms with Gasteiger partial charge in [-0.2, -0.15) is 0 Å². The number of anilines is 2. The van der Waals surface area contributed by atoms with Gasteiger partial charge in [-0.05, 0) is 24.3 Å². The third-order valence-electron chi connectivity index (χ3n) is 5.48. The Labute approximate surface area is 205 Å². The molecule has 36 heavy (non-hydrogen) atoms. The maximum Gasteiger partial charge on any atom is 0.269 e. The van der Waals surface area contributed by atoms with Crippen molar-refractivity contribution in [2.75, 3.05) is 10.0 Å². The molecule has 0 atom stereocenters. The van der Waals surface area contributed by atoms with Crippen molar-refractivity contribution in [1.29, 1.82) is 0 Å². The minimum atomic E-state index is -0.465. The number of nitro groups is 2. The number of non-ortho nitro benzene ring substituents is 2. The number of hydrogen-bond donors (Lipinski definition) is 0. The molecular formula is C26H18N6O4. The van der Waals surface area contributed by atoms with E-state index < -0.39 is 9.85 Å². The van der Waals surface area contributed by atoms with Crippen molar-refractivity contribution < 1.29 is 9.85 Å². The maximum atomic E-state index is 11.2. The Morgan fingerprint density at radius 1 is 0.528 bits per heavy atom. The molecule has 0 radical (unpaired) electrons. The highest BCUT2D eigenvalue weighted by atomic mass is 16.6. The van der Waals surface area contributed by atoms with Crippen molar-refractivity contribution in [2.45, 2.75) is 0 Å². The van der Waals surface area contributed by atoms with Crippen LogP contribution in [0.1, 0.15) is 11.1 Å². The summed E-state index contributed by atoms with van der Waals surface area (Å²) < 4.78 is 0. The molecule has 0 aliphatic carbocycles. The van der Waals surface area contributed by atoms with Gasteiger partial charge in [-0.25, -0.2) is 0 Å². The molecular weight excluding hydrogens is 460 g/mol. The van der Waals surface area contributed by atoms with Crippen LogP contribution in [0.2, 0.25) is 0 Å². The van der Waals surface area contributed by atoms with Gasteiger partial charge in [0, 0.05) is 41.1 Å². The van der Waals surface area contributed by atoms with Crippen LogP contribution in [0.4, 0.5) is 22.7 Å². The van der Waals surface area contributed by atoms with Gasteiger partial charge in [0.05, 0.1) is 15.5 Å². The predicted octanol–water partition coefficient (Wildman–Crippen LogP) is 5.55. The van der Waals surface area contributed by atoms with Gasteiger partial charge in [0.15, 0.2) is 11.7 Å². The highest BCUT2D eigenvalue weighted by Crippen LogP contribution is 2.30. The zero-order valence-electron chi connectivity index (χ0n) is 18.7. The Morgan fingerprint density at radius 3 is 1.31 bits per heavy atom. The van der Waals surface area contributed by atoms with Crippen LogP contribution in [0.5, 0.6) is 0 Å². The largest absolute Gasteiger partial charge is 0.275 e. The van der Waals surface area contributed by atoms with E-state index in [0.717, 1.165) is 11.1 Å². The van der Waals surface area contributed by atoms with Crippen molar-refractivity contribution in [3.8, 4) is 0 Å². The molecule has 0 saturated heterocycles. The lowest BCUT2D eigenvalue weighted by Crippen LogP contribution is -2.44. The van der Waals surface area contributed by atoms with E-state index in [9.17, 15) is 20.2 Å². The molecule has 0 saturated carbocycles. The molecule has 0 spiro atoms. The van der Waals surface area contributed by atoms with Crippen LogP contribution in [0.25, 0.3) is 0 Å². The van der Waals surface area contributed by atoms with Gasteiger partial charge < -0.3 is 0 Å². The van der Waals surface area contributed by atoms with Gasteiger partial charge in [-0.3, -0.25) is 25.1 Å². The van der Waals surface area contributed by atoms with Crippen LogP contribution in [-0.4, -0.2) is 21.5 Å². The first-order valence-electron chi connectivity index (χ1n) is 10.9. The number of rotatable bonds is 6. The molecule has 176 valence electrons. The third-order valence-corrected chi connectivity index (χ3v) is 5.48. The summed E-state index contributed by atoms with van der Waals surface area (Å²) in [5.41, 5.74) is 2.67. The highest BCUT2D eigenvalue weighted by Gasteiger charge is 2.29. The summed E-state index contributed by atoms with van der Waals surface area (Å²) in [6.45, 7) is 0. The van der Waals surface area contributed by atoms with Crippen molar-refractivity contribution in [1.82, 2.24) is 0 Å². The van der Waals surface area contributed by atoms with E-state index in [0.29, 0.717) is 23.0 Å². The summed E-state index contributed by atoms with van der Waals surface area (Å²) in [6.07, 6.45) is 0. The van der Waals surface area contributed by atoms with E-state index >= 15 is 0 Å². The number of hydrogen-bond acceptors (Lipinski definition) is 8. The van der Waals surface area contributed by atoms with E-state index in [1.165, 1.54) is 29.4 Å². The minimum absolute atomic E-state index is 0.0281. The lowest BCUT2D eigenvalue weighted by Gasteiger charge is -2.33. The maximum absolute atomic E-state index is 11.2. The molecule has 1 heterocycles. The van der Waals surface area contributed by atoms with E-state index in [4.69, 9.17) is 10.2 Å². The topological polar surface area (TPSA) is 117 Å². The number of hydrazone groups is 2. The Bertz CT molecular complexity index is 1410. The third kappa shape index (κ3) is 4.38. The summed E-state index contributed by atoms with van der Waals surface area (Å²) in [5, 5.41) is 33.3. The van der Waals surface area contributed by atoms with Gasteiger partial charge >= 0.3 is 0 Å². The minimum Gasteiger partial charge on any atom is -0.275 e. The lowest BCUT2D eigenvalue weighted by atomic mass is 10.1. The first-order chi connectivity index (χ1) is 17.5. The summed E-state index contributed by atoms with van der Waals surface area (Å²) in [7, 11) is 0. The molecule has 0 fully saturated rings. The second-order valence-electron chi connectivity index (χ2n) is 7.75.